The fourth-order valence-electron chi connectivity index (χ4n) is 3.82. The van der Waals surface area contributed by atoms with Crippen molar-refractivity contribution in [2.75, 3.05) is 6.61 Å². The summed E-state index contributed by atoms with van der Waals surface area (Å²) < 4.78 is 15.6. The summed E-state index contributed by atoms with van der Waals surface area (Å²) in [6.45, 7) is 9.15. The van der Waals surface area contributed by atoms with Crippen LogP contribution in [0.15, 0.2) is 48.5 Å². The summed E-state index contributed by atoms with van der Waals surface area (Å²) in [7, 11) is 0. The Balaban J connectivity index is 1.77. The van der Waals surface area contributed by atoms with Crippen molar-refractivity contribution in [3.63, 3.8) is 0 Å². The summed E-state index contributed by atoms with van der Waals surface area (Å²) in [4.78, 5) is 54.6. The number of alkyl carbamates (subject to hydrolysis) is 1. The Morgan fingerprint density at radius 3 is 1.84 bits per heavy atom. The number of carboxylic acid groups (broad SMARTS) is 1. The maximum absolute atomic E-state index is 12.7. The number of amides is 2. The second kappa shape index (κ2) is 11.0. The van der Waals surface area contributed by atoms with Gasteiger partial charge in [-0.05, 0) is 63.8 Å². The Labute approximate surface area is 220 Å². The zero-order chi connectivity index (χ0) is 28.3. The Hall–Kier alpha value is -4.28. The Kier molecular flexibility index (Phi) is 8.19. The molecule has 2 amide bonds. The van der Waals surface area contributed by atoms with Gasteiger partial charge < -0.3 is 19.3 Å². The number of fused-ring (bicyclic) bond motifs is 3. The molecule has 204 valence electrons. The molecule has 0 saturated carbocycles. The summed E-state index contributed by atoms with van der Waals surface area (Å²) in [5.74, 6) is -2.00. The molecule has 1 aliphatic carbocycles. The van der Waals surface area contributed by atoms with E-state index in [-0.39, 0.29) is 17.6 Å². The predicted octanol–water partition coefficient (Wildman–Crippen LogP) is 5.04. The van der Waals surface area contributed by atoms with Crippen molar-refractivity contribution in [3.05, 3.63) is 59.7 Å². The van der Waals surface area contributed by atoms with Gasteiger partial charge >= 0.3 is 24.3 Å². The van der Waals surface area contributed by atoms with E-state index >= 15 is 0 Å². The SMILES string of the molecule is CC(C)(C)OC(=O)ON(C(=O)OC(C)(C)C)C(NC(=O)OCC1c2ccccc2-c2ccccc21)C(=O)O. The summed E-state index contributed by atoms with van der Waals surface area (Å²) >= 11 is 0. The number of carbonyl (C=O) groups excluding carboxylic acids is 3. The first-order valence-corrected chi connectivity index (χ1v) is 11.9. The first-order chi connectivity index (χ1) is 17.7. The van der Waals surface area contributed by atoms with E-state index in [1.807, 2.05) is 48.5 Å². The summed E-state index contributed by atoms with van der Waals surface area (Å²) in [5, 5.41) is 11.9. The van der Waals surface area contributed by atoms with Gasteiger partial charge in [0.25, 0.3) is 0 Å². The molecule has 0 fully saturated rings. The number of aliphatic carboxylic acids is 1. The van der Waals surface area contributed by atoms with Gasteiger partial charge in [0.2, 0.25) is 6.17 Å². The van der Waals surface area contributed by atoms with Crippen molar-refractivity contribution >= 4 is 24.3 Å². The topological polar surface area (TPSA) is 141 Å². The van der Waals surface area contributed by atoms with Crippen LogP contribution >= 0.6 is 0 Å². The van der Waals surface area contributed by atoms with Gasteiger partial charge in [0, 0.05) is 5.92 Å². The van der Waals surface area contributed by atoms with E-state index in [1.54, 1.807) is 20.8 Å². The second-order valence-corrected chi connectivity index (χ2v) is 10.6. The number of ether oxygens (including phenoxy) is 3. The largest absolute Gasteiger partial charge is 0.534 e. The molecule has 1 unspecified atom stereocenters. The maximum Gasteiger partial charge on any atom is 0.534 e. The molecule has 0 heterocycles. The summed E-state index contributed by atoms with van der Waals surface area (Å²) in [6.07, 6.45) is -6.03. The number of hydrogen-bond acceptors (Lipinski definition) is 8. The average Bonchev–Trinajstić information content (AvgIpc) is 3.11. The second-order valence-electron chi connectivity index (χ2n) is 10.6. The van der Waals surface area contributed by atoms with Crippen LogP contribution < -0.4 is 5.32 Å². The quantitative estimate of drug-likeness (QED) is 0.236. The Bertz CT molecular complexity index is 1170. The number of carbonyl (C=O) groups is 4. The van der Waals surface area contributed by atoms with Crippen molar-refractivity contribution in [2.24, 2.45) is 0 Å². The minimum absolute atomic E-state index is 0.0864. The van der Waals surface area contributed by atoms with Gasteiger partial charge in [-0.3, -0.25) is 10.2 Å². The number of hydroxylamine groups is 2. The summed E-state index contributed by atoms with van der Waals surface area (Å²) in [6, 6.07) is 15.4. The lowest BCUT2D eigenvalue weighted by atomic mass is 9.98. The van der Waals surface area contributed by atoms with Crippen molar-refractivity contribution in [3.8, 4) is 11.1 Å². The van der Waals surface area contributed by atoms with Gasteiger partial charge in [-0.1, -0.05) is 53.6 Å². The van der Waals surface area contributed by atoms with Gasteiger partial charge in [0.1, 0.15) is 17.8 Å². The molecule has 2 aromatic carbocycles. The minimum atomic E-state index is -2.17. The fraction of sp³-hybridized carbons (Fsp3) is 0.407. The molecule has 0 saturated heterocycles. The molecule has 0 aromatic heterocycles. The van der Waals surface area contributed by atoms with Gasteiger partial charge in [-0.25, -0.2) is 19.2 Å². The normalized spacial score (nSPS) is 13.4. The molecule has 0 aliphatic heterocycles. The number of benzene rings is 2. The molecule has 0 spiro atoms. The highest BCUT2D eigenvalue weighted by molar-refractivity contribution is 5.84. The van der Waals surface area contributed by atoms with Crippen LogP contribution in [0.1, 0.15) is 58.6 Å². The van der Waals surface area contributed by atoms with Gasteiger partial charge in [0.15, 0.2) is 0 Å². The molecule has 2 N–H and O–H groups in total. The third-order valence-electron chi connectivity index (χ3n) is 5.20. The van der Waals surface area contributed by atoms with E-state index in [1.165, 1.54) is 20.8 Å². The van der Waals surface area contributed by atoms with Crippen molar-refractivity contribution in [1.82, 2.24) is 10.4 Å². The molecular formula is C27H32N2O9. The first-order valence-electron chi connectivity index (χ1n) is 11.9. The van der Waals surface area contributed by atoms with E-state index in [2.05, 4.69) is 5.32 Å². The van der Waals surface area contributed by atoms with Crippen molar-refractivity contribution < 1.29 is 43.3 Å². The van der Waals surface area contributed by atoms with Crippen LogP contribution in [-0.4, -0.2) is 58.5 Å². The van der Waals surface area contributed by atoms with Crippen LogP contribution in [0, 0.1) is 0 Å². The van der Waals surface area contributed by atoms with Crippen LogP contribution in [-0.2, 0) is 23.8 Å². The lowest BCUT2D eigenvalue weighted by Gasteiger charge is -2.30. The van der Waals surface area contributed by atoms with Gasteiger partial charge in [-0.2, -0.15) is 0 Å². The fourth-order valence-corrected chi connectivity index (χ4v) is 3.82. The van der Waals surface area contributed by atoms with Gasteiger partial charge in [-0.15, -0.1) is 0 Å². The highest BCUT2D eigenvalue weighted by atomic mass is 16.8. The molecule has 0 bridgehead atoms. The molecule has 3 rings (SSSR count). The van der Waals surface area contributed by atoms with E-state index < -0.39 is 41.7 Å². The number of nitrogens with zero attached hydrogens (tertiary/aromatic N) is 1. The van der Waals surface area contributed by atoms with Crippen LogP contribution in [0.25, 0.3) is 11.1 Å². The molecule has 1 aliphatic rings. The lowest BCUT2D eigenvalue weighted by Crippen LogP contribution is -2.57. The zero-order valence-corrected chi connectivity index (χ0v) is 22.1. The third kappa shape index (κ3) is 7.15. The van der Waals surface area contributed by atoms with Gasteiger partial charge in [0.05, 0.1) is 0 Å². The molecule has 2 aromatic rings. The first kappa shape index (κ1) is 28.3. The average molecular weight is 529 g/mol. The number of rotatable bonds is 5. The molecule has 11 nitrogen and oxygen atoms in total. The minimum Gasteiger partial charge on any atom is -0.478 e. The van der Waals surface area contributed by atoms with E-state index in [9.17, 15) is 24.3 Å². The smallest absolute Gasteiger partial charge is 0.478 e. The maximum atomic E-state index is 12.7. The van der Waals surface area contributed by atoms with Crippen LogP contribution in [0.5, 0.6) is 0 Å². The Morgan fingerprint density at radius 1 is 0.868 bits per heavy atom. The van der Waals surface area contributed by atoms with E-state index in [0.29, 0.717) is 0 Å². The molecule has 11 heteroatoms. The molecule has 1 atom stereocenters. The van der Waals surface area contributed by atoms with Crippen molar-refractivity contribution in [1.29, 1.82) is 0 Å². The predicted molar refractivity (Wildman–Crippen MR) is 135 cm³/mol. The van der Waals surface area contributed by atoms with Crippen molar-refractivity contribution in [2.45, 2.75) is 64.8 Å². The zero-order valence-electron chi connectivity index (χ0n) is 22.1. The molecule has 0 radical (unpaired) electrons. The monoisotopic (exact) mass is 528 g/mol. The van der Waals surface area contributed by atoms with Crippen LogP contribution in [0.3, 0.4) is 0 Å². The number of nitrogens with one attached hydrogen (secondary N) is 1. The Morgan fingerprint density at radius 2 is 1.37 bits per heavy atom. The molecule has 38 heavy (non-hydrogen) atoms. The standard InChI is InChI=1S/C27H32N2O9/c1-26(2,3)36-24(33)29(38-25(34)37-27(4,5)6)21(22(30)31)28-23(32)35-15-20-18-13-9-7-11-16(18)17-12-8-10-14-19(17)20/h7-14,20-21H,15H2,1-6H3,(H,28,32)(H,30,31). The van der Waals surface area contributed by atoms with E-state index in [4.69, 9.17) is 19.0 Å². The highest BCUT2D eigenvalue weighted by Crippen LogP contribution is 2.44. The number of hydrogen-bond donors (Lipinski definition) is 2. The van der Waals surface area contributed by atoms with Crippen LogP contribution in [0.2, 0.25) is 0 Å². The third-order valence-corrected chi connectivity index (χ3v) is 5.20. The number of carboxylic acids is 1. The molecular weight excluding hydrogens is 496 g/mol. The lowest BCUT2D eigenvalue weighted by molar-refractivity contribution is -0.179. The highest BCUT2D eigenvalue weighted by Gasteiger charge is 2.40. The summed E-state index contributed by atoms with van der Waals surface area (Å²) in [5.41, 5.74) is 1.87. The van der Waals surface area contributed by atoms with E-state index in [0.717, 1.165) is 22.3 Å². The van der Waals surface area contributed by atoms with Crippen LogP contribution in [0.4, 0.5) is 14.4 Å².